The highest BCUT2D eigenvalue weighted by Gasteiger charge is 2.42. The zero-order chi connectivity index (χ0) is 34.3. The average molecular weight is 656 g/mol. The van der Waals surface area contributed by atoms with Crippen LogP contribution in [0, 0.1) is 5.41 Å². The lowest BCUT2D eigenvalue weighted by Gasteiger charge is -2.22. The minimum Gasteiger partial charge on any atom is -0.493 e. The highest BCUT2D eigenvalue weighted by molar-refractivity contribution is 6.33. The maximum atomic E-state index is 13.7. The fraction of sp³-hybridized carbons (Fsp3) is 0.250. The Labute approximate surface area is 265 Å². The van der Waals surface area contributed by atoms with Gasteiger partial charge in [-0.3, -0.25) is 19.8 Å². The Bertz CT molecular complexity index is 1730. The van der Waals surface area contributed by atoms with Gasteiger partial charge in [-0.2, -0.15) is 13.2 Å². The van der Waals surface area contributed by atoms with Gasteiger partial charge >= 0.3 is 24.1 Å². The van der Waals surface area contributed by atoms with Gasteiger partial charge in [-0.05, 0) is 41.3 Å². The first kappa shape index (κ1) is 34.1. The summed E-state index contributed by atoms with van der Waals surface area (Å²) in [6, 6.07) is 15.2. The number of rotatable bonds is 13. The van der Waals surface area contributed by atoms with Crippen LogP contribution in [-0.2, 0) is 36.8 Å². The van der Waals surface area contributed by atoms with Gasteiger partial charge < -0.3 is 30.4 Å². The normalized spacial score (nSPS) is 12.7. The zero-order valence-corrected chi connectivity index (χ0v) is 24.5. The van der Waals surface area contributed by atoms with Crippen molar-refractivity contribution in [3.8, 4) is 22.6 Å². The number of nitrogens with two attached hydrogens (primary N) is 1. The second kappa shape index (κ2) is 14.6. The number of carboxylic acid groups (broad SMARTS) is 1. The van der Waals surface area contributed by atoms with Crippen LogP contribution in [0.4, 0.5) is 13.2 Å². The van der Waals surface area contributed by atoms with Crippen molar-refractivity contribution in [3.05, 3.63) is 82.9 Å². The first-order valence-corrected chi connectivity index (χ1v) is 14.1. The second-order valence-corrected chi connectivity index (χ2v) is 10.4. The van der Waals surface area contributed by atoms with E-state index in [9.17, 15) is 37.1 Å². The third-order valence-electron chi connectivity index (χ3n) is 7.04. The van der Waals surface area contributed by atoms with Gasteiger partial charge in [-0.1, -0.05) is 42.5 Å². The number of fused-ring (bicyclic) bond motifs is 1. The van der Waals surface area contributed by atoms with Crippen LogP contribution in [0.2, 0.25) is 0 Å². The molecule has 1 heterocycles. The molecule has 0 spiro atoms. The number of aliphatic carboxylic acids is 1. The number of nitrogen functional groups attached to an aromatic ring is 1. The van der Waals surface area contributed by atoms with E-state index >= 15 is 0 Å². The van der Waals surface area contributed by atoms with Gasteiger partial charge in [0.1, 0.15) is 23.9 Å². The second-order valence-electron chi connectivity index (χ2n) is 10.4. The predicted octanol–water partition coefficient (Wildman–Crippen LogP) is 3.36. The molecule has 12 nitrogen and oxygen atoms in total. The molecule has 5 N–H and O–H groups in total. The van der Waals surface area contributed by atoms with E-state index in [1.165, 1.54) is 18.2 Å². The Balaban J connectivity index is 1.62. The van der Waals surface area contributed by atoms with Crippen molar-refractivity contribution in [2.45, 2.75) is 37.9 Å². The first-order chi connectivity index (χ1) is 22.2. The molecule has 0 fully saturated rings. The van der Waals surface area contributed by atoms with E-state index in [2.05, 4.69) is 10.1 Å². The molecule has 47 heavy (non-hydrogen) atoms. The number of carbonyl (C=O) groups is 5. The number of benzene rings is 3. The van der Waals surface area contributed by atoms with E-state index in [0.717, 1.165) is 5.56 Å². The van der Waals surface area contributed by atoms with Gasteiger partial charge in [0.25, 0.3) is 5.91 Å². The minimum absolute atomic E-state index is 0.0720. The van der Waals surface area contributed by atoms with Gasteiger partial charge in [-0.25, -0.2) is 9.59 Å². The summed E-state index contributed by atoms with van der Waals surface area (Å²) in [5, 5.41) is 19.5. The monoisotopic (exact) mass is 655 g/mol. The molecule has 0 aliphatic carbocycles. The van der Waals surface area contributed by atoms with Crippen molar-refractivity contribution in [2.24, 2.45) is 5.73 Å². The molecule has 1 aliphatic rings. The Morgan fingerprint density at radius 3 is 2.43 bits per heavy atom. The van der Waals surface area contributed by atoms with Crippen molar-refractivity contribution in [1.82, 2.24) is 5.32 Å². The lowest BCUT2D eigenvalue weighted by Crippen LogP contribution is -2.40. The molecule has 1 amide bonds. The average Bonchev–Trinajstić information content (AvgIpc) is 3.49. The van der Waals surface area contributed by atoms with Crippen LogP contribution in [0.3, 0.4) is 0 Å². The Morgan fingerprint density at radius 1 is 1.04 bits per heavy atom. The Hall–Kier alpha value is -5.73. The lowest BCUT2D eigenvalue weighted by atomic mass is 9.95. The maximum Gasteiger partial charge on any atom is 0.491 e. The molecule has 15 heteroatoms. The highest BCUT2D eigenvalue weighted by atomic mass is 19.4. The van der Waals surface area contributed by atoms with Crippen LogP contribution in [0.1, 0.15) is 39.9 Å². The Morgan fingerprint density at radius 2 is 1.77 bits per heavy atom. The summed E-state index contributed by atoms with van der Waals surface area (Å²) >= 11 is 0. The van der Waals surface area contributed by atoms with Crippen LogP contribution >= 0.6 is 0 Å². The number of ether oxygens (including phenoxy) is 3. The van der Waals surface area contributed by atoms with Crippen molar-refractivity contribution < 1.29 is 56.5 Å². The fourth-order valence-electron chi connectivity index (χ4n) is 4.68. The van der Waals surface area contributed by atoms with Crippen LogP contribution in [0.5, 0.6) is 11.5 Å². The van der Waals surface area contributed by atoms with Crippen LogP contribution in [0.25, 0.3) is 11.1 Å². The van der Waals surface area contributed by atoms with Crippen LogP contribution in [-0.4, -0.2) is 66.0 Å². The van der Waals surface area contributed by atoms with E-state index in [1.807, 2.05) is 6.07 Å². The number of hydrogen-bond acceptors (Lipinski definition) is 9. The molecular weight excluding hydrogens is 627 g/mol. The van der Waals surface area contributed by atoms with Crippen LogP contribution < -0.4 is 20.5 Å². The summed E-state index contributed by atoms with van der Waals surface area (Å²) in [7, 11) is 0. The van der Waals surface area contributed by atoms with Gasteiger partial charge in [0, 0.05) is 30.4 Å². The molecule has 0 unspecified atom stereocenters. The standard InChI is InChI=1S/C32H28F3N3O9/c33-32(34,35)31(44)47-27(40)9-8-21(16-46-25-14-20(28(36)37)7-6-18(25)13-24(39)30(42)43)38-29(41)23-15-26-19(10-11-45-26)12-22(23)17-4-2-1-3-5-17/h1-7,12,14-15,21H,8-11,13,16H2,(H3,36,37)(H,38,41)(H,42,43)/t21-/m1/s1. The topological polar surface area (TPSA) is 195 Å². The number of carbonyl (C=O) groups excluding carboxylic acids is 4. The van der Waals surface area contributed by atoms with Crippen molar-refractivity contribution in [3.63, 3.8) is 0 Å². The molecule has 1 atom stereocenters. The number of alkyl halides is 3. The summed E-state index contributed by atoms with van der Waals surface area (Å²) < 4.78 is 53.2. The largest absolute Gasteiger partial charge is 0.493 e. The maximum absolute atomic E-state index is 13.7. The molecule has 4 rings (SSSR count). The van der Waals surface area contributed by atoms with Gasteiger partial charge in [0.15, 0.2) is 0 Å². The molecule has 246 valence electrons. The van der Waals surface area contributed by atoms with E-state index in [1.54, 1.807) is 36.4 Å². The van der Waals surface area contributed by atoms with E-state index in [4.69, 9.17) is 25.7 Å². The third-order valence-corrected chi connectivity index (χ3v) is 7.04. The molecule has 1 aliphatic heterocycles. The molecule has 0 radical (unpaired) electrons. The first-order valence-electron chi connectivity index (χ1n) is 14.1. The number of hydrogen-bond donors (Lipinski definition) is 4. The fourth-order valence-corrected chi connectivity index (χ4v) is 4.68. The third kappa shape index (κ3) is 8.93. The smallest absolute Gasteiger partial charge is 0.491 e. The van der Waals surface area contributed by atoms with Crippen molar-refractivity contribution >= 4 is 35.4 Å². The number of ketones is 1. The number of amides is 1. The summed E-state index contributed by atoms with van der Waals surface area (Å²) in [5.74, 6) is -7.68. The SMILES string of the molecule is N=C(N)c1ccc(CC(=O)C(=O)O)c(OC[C@@H](CCC(=O)OC(=O)C(F)(F)F)NC(=O)c2cc3c(cc2-c2ccccc2)CCO3)c1. The zero-order valence-electron chi connectivity index (χ0n) is 24.5. The molecular formula is C32H28F3N3O9. The summed E-state index contributed by atoms with van der Waals surface area (Å²) in [6.07, 6.45) is -6.48. The van der Waals surface area contributed by atoms with E-state index in [0.29, 0.717) is 29.9 Å². The molecule has 0 bridgehead atoms. The number of halogens is 3. The summed E-state index contributed by atoms with van der Waals surface area (Å²) in [5.41, 5.74) is 8.16. The Kier molecular flexibility index (Phi) is 10.6. The number of nitrogens with one attached hydrogen (secondary N) is 2. The quantitative estimate of drug-likeness (QED) is 0.0697. The minimum atomic E-state index is -5.40. The number of Topliss-reactive ketones (excluding diaryl/α,β-unsaturated/α-hetero) is 1. The molecule has 0 saturated heterocycles. The van der Waals surface area contributed by atoms with Gasteiger partial charge in [0.05, 0.1) is 18.2 Å². The van der Waals surface area contributed by atoms with Gasteiger partial charge in [-0.15, -0.1) is 0 Å². The van der Waals surface area contributed by atoms with E-state index < -0.39 is 61.3 Å². The van der Waals surface area contributed by atoms with Gasteiger partial charge in [0.2, 0.25) is 5.78 Å². The molecule has 3 aromatic carbocycles. The van der Waals surface area contributed by atoms with Crippen molar-refractivity contribution in [2.75, 3.05) is 13.2 Å². The predicted molar refractivity (Wildman–Crippen MR) is 158 cm³/mol. The highest BCUT2D eigenvalue weighted by Crippen LogP contribution is 2.34. The molecule has 0 aromatic heterocycles. The summed E-state index contributed by atoms with van der Waals surface area (Å²) in [6.45, 7) is -0.0418. The van der Waals surface area contributed by atoms with Crippen LogP contribution in [0.15, 0.2) is 60.7 Å². The van der Waals surface area contributed by atoms with Crippen molar-refractivity contribution in [1.29, 1.82) is 5.41 Å². The number of esters is 2. The van der Waals surface area contributed by atoms with E-state index in [-0.39, 0.29) is 34.7 Å². The summed E-state index contributed by atoms with van der Waals surface area (Å²) in [4.78, 5) is 60.1. The molecule has 3 aromatic rings. The molecule has 0 saturated carbocycles. The lowest BCUT2D eigenvalue weighted by molar-refractivity contribution is -0.201. The number of carboxylic acids is 1. The number of amidine groups is 1.